The summed E-state index contributed by atoms with van der Waals surface area (Å²) in [6.45, 7) is -0.702. The van der Waals surface area contributed by atoms with Gasteiger partial charge in [0.1, 0.15) is 10.7 Å². The zero-order valence-corrected chi connectivity index (χ0v) is 9.28. The highest BCUT2D eigenvalue weighted by Gasteiger charge is 2.20. The highest BCUT2D eigenvalue weighted by Crippen LogP contribution is 2.19. The van der Waals surface area contributed by atoms with E-state index in [4.69, 9.17) is 5.11 Å². The number of halogens is 1. The molecule has 1 aromatic rings. The average molecular weight is 264 g/mol. The lowest BCUT2D eigenvalue weighted by atomic mass is 10.3. The predicted molar refractivity (Wildman–Crippen MR) is 55.3 cm³/mol. The van der Waals surface area contributed by atoms with Crippen LogP contribution in [-0.4, -0.2) is 31.6 Å². The Bertz CT molecular complexity index is 531. The molecule has 0 aromatic heterocycles. The SMILES string of the molecule is O=[N+]([O-])c1ccc(S(=O)(=O)NCCO)c(F)c1. The number of benzene rings is 1. The number of nitro benzene ring substituents is 1. The van der Waals surface area contributed by atoms with Crippen molar-refractivity contribution in [2.75, 3.05) is 13.2 Å². The number of hydrogen-bond donors (Lipinski definition) is 2. The maximum atomic E-state index is 13.3. The van der Waals surface area contributed by atoms with Crippen LogP contribution in [0.25, 0.3) is 0 Å². The van der Waals surface area contributed by atoms with Crippen LogP contribution in [0, 0.1) is 15.9 Å². The maximum Gasteiger partial charge on any atom is 0.272 e. The van der Waals surface area contributed by atoms with Crippen LogP contribution in [0.15, 0.2) is 23.1 Å². The first-order valence-corrected chi connectivity index (χ1v) is 5.91. The second-order valence-electron chi connectivity index (χ2n) is 2.99. The van der Waals surface area contributed by atoms with Gasteiger partial charge in [-0.3, -0.25) is 10.1 Å². The molecule has 0 saturated heterocycles. The van der Waals surface area contributed by atoms with Gasteiger partial charge in [0.05, 0.1) is 17.6 Å². The summed E-state index contributed by atoms with van der Waals surface area (Å²) in [5.41, 5.74) is -0.538. The Labute approximate surface area is 96.1 Å². The van der Waals surface area contributed by atoms with Crippen molar-refractivity contribution in [1.29, 1.82) is 0 Å². The van der Waals surface area contributed by atoms with Crippen LogP contribution in [0.4, 0.5) is 10.1 Å². The fraction of sp³-hybridized carbons (Fsp3) is 0.250. The summed E-state index contributed by atoms with van der Waals surface area (Å²) in [6, 6.07) is 2.21. The van der Waals surface area contributed by atoms with E-state index in [0.717, 1.165) is 12.1 Å². The lowest BCUT2D eigenvalue weighted by Crippen LogP contribution is -2.27. The van der Waals surface area contributed by atoms with Crippen molar-refractivity contribution < 1.29 is 22.8 Å². The van der Waals surface area contributed by atoms with E-state index in [1.54, 1.807) is 0 Å². The molecule has 0 aliphatic carbocycles. The quantitative estimate of drug-likeness (QED) is 0.574. The lowest BCUT2D eigenvalue weighted by molar-refractivity contribution is -0.385. The number of non-ortho nitro benzene ring substituents is 1. The molecule has 0 heterocycles. The number of nitrogens with zero attached hydrogens (tertiary/aromatic N) is 1. The largest absolute Gasteiger partial charge is 0.395 e. The van der Waals surface area contributed by atoms with Gasteiger partial charge in [-0.15, -0.1) is 0 Å². The van der Waals surface area contributed by atoms with Crippen molar-refractivity contribution in [1.82, 2.24) is 4.72 Å². The summed E-state index contributed by atoms with van der Waals surface area (Å²) in [5, 5.41) is 18.8. The van der Waals surface area contributed by atoms with Crippen LogP contribution < -0.4 is 4.72 Å². The summed E-state index contributed by atoms with van der Waals surface area (Å²) in [4.78, 5) is 8.80. The molecule has 0 radical (unpaired) electrons. The molecule has 0 aliphatic heterocycles. The van der Waals surface area contributed by atoms with E-state index in [2.05, 4.69) is 0 Å². The Morgan fingerprint density at radius 1 is 1.47 bits per heavy atom. The Hall–Kier alpha value is -1.58. The van der Waals surface area contributed by atoms with Gasteiger partial charge in [-0.25, -0.2) is 17.5 Å². The van der Waals surface area contributed by atoms with Crippen molar-refractivity contribution in [2.24, 2.45) is 0 Å². The summed E-state index contributed by atoms with van der Waals surface area (Å²) < 4.78 is 38.2. The first-order valence-electron chi connectivity index (χ1n) is 4.43. The van der Waals surface area contributed by atoms with Crippen LogP contribution in [0.2, 0.25) is 0 Å². The third kappa shape index (κ3) is 3.19. The molecule has 94 valence electrons. The zero-order valence-electron chi connectivity index (χ0n) is 8.46. The summed E-state index contributed by atoms with van der Waals surface area (Å²) >= 11 is 0. The molecule has 0 saturated carbocycles. The predicted octanol–water partition coefficient (Wildman–Crippen LogP) is 0.00450. The Morgan fingerprint density at radius 2 is 2.12 bits per heavy atom. The molecule has 7 nitrogen and oxygen atoms in total. The molecule has 9 heteroatoms. The van der Waals surface area contributed by atoms with E-state index in [9.17, 15) is 22.9 Å². The maximum absolute atomic E-state index is 13.3. The van der Waals surface area contributed by atoms with E-state index in [1.165, 1.54) is 0 Å². The molecule has 0 aliphatic rings. The molecular formula is C8H9FN2O5S. The molecule has 2 N–H and O–H groups in total. The molecular weight excluding hydrogens is 255 g/mol. The number of aliphatic hydroxyl groups excluding tert-OH is 1. The van der Waals surface area contributed by atoms with Gasteiger partial charge in [0.25, 0.3) is 5.69 Å². The van der Waals surface area contributed by atoms with Gasteiger partial charge in [0.15, 0.2) is 0 Å². The second kappa shape index (κ2) is 5.17. The normalized spacial score (nSPS) is 11.4. The fourth-order valence-electron chi connectivity index (χ4n) is 1.08. The zero-order chi connectivity index (χ0) is 13.1. The molecule has 17 heavy (non-hydrogen) atoms. The van der Waals surface area contributed by atoms with Crippen molar-refractivity contribution in [2.45, 2.75) is 4.90 Å². The molecule has 0 fully saturated rings. The van der Waals surface area contributed by atoms with Crippen LogP contribution in [0.1, 0.15) is 0 Å². The van der Waals surface area contributed by atoms with Gasteiger partial charge in [-0.05, 0) is 6.07 Å². The second-order valence-corrected chi connectivity index (χ2v) is 4.73. The standard InChI is InChI=1S/C8H9FN2O5S/c9-7-5-6(11(13)14)1-2-8(7)17(15,16)10-3-4-12/h1-2,5,10,12H,3-4H2. The summed E-state index contributed by atoms with van der Waals surface area (Å²) in [6.07, 6.45) is 0. The van der Waals surface area contributed by atoms with Crippen molar-refractivity contribution in [3.8, 4) is 0 Å². The third-order valence-electron chi connectivity index (χ3n) is 1.82. The monoisotopic (exact) mass is 264 g/mol. The van der Waals surface area contributed by atoms with Crippen LogP contribution in [0.5, 0.6) is 0 Å². The molecule has 0 amide bonds. The van der Waals surface area contributed by atoms with Crippen LogP contribution in [-0.2, 0) is 10.0 Å². The summed E-state index contributed by atoms with van der Waals surface area (Å²) in [5.74, 6) is -1.22. The molecule has 1 aromatic carbocycles. The minimum absolute atomic E-state index is 0.265. The van der Waals surface area contributed by atoms with Gasteiger partial charge < -0.3 is 5.11 Å². The van der Waals surface area contributed by atoms with Gasteiger partial charge in [-0.1, -0.05) is 0 Å². The Kier molecular flexibility index (Phi) is 4.10. The highest BCUT2D eigenvalue weighted by atomic mass is 32.2. The average Bonchev–Trinajstić information content (AvgIpc) is 2.25. The number of nitro groups is 1. The number of nitrogens with one attached hydrogen (secondary N) is 1. The topological polar surface area (TPSA) is 110 Å². The van der Waals surface area contributed by atoms with E-state index in [0.29, 0.717) is 6.07 Å². The van der Waals surface area contributed by atoms with Gasteiger partial charge >= 0.3 is 0 Å². The molecule has 0 unspecified atom stereocenters. The van der Waals surface area contributed by atoms with Crippen LogP contribution >= 0.6 is 0 Å². The van der Waals surface area contributed by atoms with Crippen molar-refractivity contribution in [3.63, 3.8) is 0 Å². The van der Waals surface area contributed by atoms with E-state index in [-0.39, 0.29) is 6.54 Å². The minimum atomic E-state index is -4.10. The Balaban J connectivity index is 3.12. The van der Waals surface area contributed by atoms with Crippen molar-refractivity contribution in [3.05, 3.63) is 34.1 Å². The molecule has 1 rings (SSSR count). The van der Waals surface area contributed by atoms with Gasteiger partial charge in [0, 0.05) is 12.6 Å². The minimum Gasteiger partial charge on any atom is -0.395 e. The number of aliphatic hydroxyl groups is 1. The number of sulfonamides is 1. The van der Waals surface area contributed by atoms with E-state index < -0.39 is 38.0 Å². The molecule has 0 atom stereocenters. The molecule has 0 bridgehead atoms. The fourth-order valence-corrected chi connectivity index (χ4v) is 2.16. The van der Waals surface area contributed by atoms with Crippen LogP contribution in [0.3, 0.4) is 0 Å². The lowest BCUT2D eigenvalue weighted by Gasteiger charge is -2.05. The first kappa shape index (κ1) is 13.5. The van der Waals surface area contributed by atoms with Gasteiger partial charge in [0.2, 0.25) is 10.0 Å². The van der Waals surface area contributed by atoms with E-state index in [1.807, 2.05) is 4.72 Å². The van der Waals surface area contributed by atoms with E-state index >= 15 is 0 Å². The highest BCUT2D eigenvalue weighted by molar-refractivity contribution is 7.89. The van der Waals surface area contributed by atoms with Crippen molar-refractivity contribution >= 4 is 15.7 Å². The Morgan fingerprint density at radius 3 is 2.59 bits per heavy atom. The van der Waals surface area contributed by atoms with Gasteiger partial charge in [-0.2, -0.15) is 0 Å². The molecule has 0 spiro atoms. The number of rotatable bonds is 5. The smallest absolute Gasteiger partial charge is 0.272 e. The number of hydrogen-bond acceptors (Lipinski definition) is 5. The first-order chi connectivity index (χ1) is 7.88. The third-order valence-corrected chi connectivity index (χ3v) is 3.31. The summed E-state index contributed by atoms with van der Waals surface area (Å²) in [7, 11) is -4.10.